The molecule has 0 rings (SSSR count). The van der Waals surface area contributed by atoms with E-state index in [1.807, 2.05) is 6.92 Å². The van der Waals surface area contributed by atoms with Gasteiger partial charge in [-0.15, -0.1) is 0 Å². The lowest BCUT2D eigenvalue weighted by molar-refractivity contribution is -0.141. The third kappa shape index (κ3) is 18.1. The Hall–Kier alpha value is -3.91. The van der Waals surface area contributed by atoms with Crippen molar-refractivity contribution < 1.29 is 52.4 Å². The largest absolute Gasteiger partial charge is 0.460 e. The highest BCUT2D eigenvalue weighted by Crippen LogP contribution is 2.19. The van der Waals surface area contributed by atoms with Gasteiger partial charge in [0.15, 0.2) is 0 Å². The van der Waals surface area contributed by atoms with Crippen LogP contribution in [0.2, 0.25) is 0 Å². The number of amides is 2. The van der Waals surface area contributed by atoms with Crippen LogP contribution in [0.25, 0.3) is 0 Å². The summed E-state index contributed by atoms with van der Waals surface area (Å²) < 4.78 is 30.2. The van der Waals surface area contributed by atoms with Crippen LogP contribution in [0, 0.1) is 5.41 Å². The second-order valence-corrected chi connectivity index (χ2v) is 9.06. The SMILES string of the molecule is C=C(C)C(=O)OCCOCNCC(CC)(CNC(=O)OCCOC(=O)C(=C)C)CNC(=O)OCCOC(=O)C(=C)C. The normalized spacial score (nSPS) is 10.5. The van der Waals surface area contributed by atoms with Gasteiger partial charge in [-0.05, 0) is 27.2 Å². The molecule has 0 aromatic carbocycles. The van der Waals surface area contributed by atoms with Gasteiger partial charge in [0, 0.05) is 41.8 Å². The molecule has 0 unspecified atom stereocenters. The Bertz CT molecular complexity index is 883. The first kappa shape index (κ1) is 37.1. The van der Waals surface area contributed by atoms with Crippen molar-refractivity contribution in [1.29, 1.82) is 0 Å². The molecule has 0 bridgehead atoms. The van der Waals surface area contributed by atoms with Gasteiger partial charge in [0.05, 0.1) is 13.3 Å². The van der Waals surface area contributed by atoms with Crippen LogP contribution in [0.1, 0.15) is 34.1 Å². The van der Waals surface area contributed by atoms with Crippen LogP contribution >= 0.6 is 0 Å². The number of nitrogens with one attached hydrogen (secondary N) is 3. The fourth-order valence-electron chi connectivity index (χ4n) is 2.74. The van der Waals surface area contributed by atoms with Crippen LogP contribution < -0.4 is 16.0 Å². The molecule has 2 amide bonds. The quantitative estimate of drug-likeness (QED) is 0.0586. The Morgan fingerprint density at radius 3 is 1.32 bits per heavy atom. The molecule has 14 nitrogen and oxygen atoms in total. The molecule has 0 heterocycles. The van der Waals surface area contributed by atoms with E-state index in [1.54, 1.807) is 6.92 Å². The van der Waals surface area contributed by atoms with Crippen molar-refractivity contribution in [3.05, 3.63) is 36.5 Å². The maximum Gasteiger partial charge on any atom is 0.407 e. The molecular weight excluding hydrogens is 542 g/mol. The highest BCUT2D eigenvalue weighted by Gasteiger charge is 2.30. The summed E-state index contributed by atoms with van der Waals surface area (Å²) >= 11 is 0. The van der Waals surface area contributed by atoms with E-state index in [4.69, 9.17) is 28.4 Å². The van der Waals surface area contributed by atoms with Crippen molar-refractivity contribution >= 4 is 30.1 Å². The number of carbonyl (C=O) groups excluding carboxylic acids is 5. The molecule has 0 spiro atoms. The van der Waals surface area contributed by atoms with E-state index in [9.17, 15) is 24.0 Å². The molecule has 14 heteroatoms. The molecular formula is C27H43N3O11. The average molecular weight is 586 g/mol. The van der Waals surface area contributed by atoms with Crippen molar-refractivity contribution in [1.82, 2.24) is 16.0 Å². The van der Waals surface area contributed by atoms with Crippen molar-refractivity contribution in [2.24, 2.45) is 5.41 Å². The van der Waals surface area contributed by atoms with E-state index < -0.39 is 35.5 Å². The Balaban J connectivity index is 4.83. The van der Waals surface area contributed by atoms with Gasteiger partial charge in [0.25, 0.3) is 0 Å². The van der Waals surface area contributed by atoms with E-state index in [0.717, 1.165) is 0 Å². The van der Waals surface area contributed by atoms with E-state index in [1.165, 1.54) is 13.8 Å². The van der Waals surface area contributed by atoms with Gasteiger partial charge in [-0.25, -0.2) is 24.0 Å². The first-order valence-electron chi connectivity index (χ1n) is 12.9. The fourth-order valence-corrected chi connectivity index (χ4v) is 2.74. The lowest BCUT2D eigenvalue weighted by Crippen LogP contribution is -2.51. The first-order chi connectivity index (χ1) is 19.3. The zero-order valence-corrected chi connectivity index (χ0v) is 24.4. The average Bonchev–Trinajstić information content (AvgIpc) is 2.93. The molecule has 0 aliphatic rings. The van der Waals surface area contributed by atoms with Crippen LogP contribution in [0.4, 0.5) is 9.59 Å². The summed E-state index contributed by atoms with van der Waals surface area (Å²) in [6.07, 6.45) is -0.984. The van der Waals surface area contributed by atoms with E-state index in [-0.39, 0.29) is 76.2 Å². The molecule has 0 fully saturated rings. The summed E-state index contributed by atoms with van der Waals surface area (Å²) in [4.78, 5) is 58.6. The zero-order valence-electron chi connectivity index (χ0n) is 24.4. The van der Waals surface area contributed by atoms with Gasteiger partial charge in [-0.2, -0.15) is 0 Å². The number of esters is 3. The molecule has 0 saturated carbocycles. The lowest BCUT2D eigenvalue weighted by Gasteiger charge is -2.33. The first-order valence-corrected chi connectivity index (χ1v) is 12.9. The third-order valence-corrected chi connectivity index (χ3v) is 5.28. The van der Waals surface area contributed by atoms with Crippen LogP contribution in [-0.4, -0.2) is 96.1 Å². The lowest BCUT2D eigenvalue weighted by atomic mass is 9.84. The van der Waals surface area contributed by atoms with Crippen LogP contribution in [-0.2, 0) is 42.8 Å². The molecule has 3 N–H and O–H groups in total. The summed E-state index contributed by atoms with van der Waals surface area (Å²) in [5.74, 6) is -1.69. The zero-order chi connectivity index (χ0) is 31.3. The Kier molecular flexibility index (Phi) is 18.9. The Morgan fingerprint density at radius 1 is 0.585 bits per heavy atom. The van der Waals surface area contributed by atoms with Gasteiger partial charge in [-0.3, -0.25) is 5.32 Å². The van der Waals surface area contributed by atoms with Crippen molar-refractivity contribution in [3.63, 3.8) is 0 Å². The summed E-state index contributed by atoms with van der Waals surface area (Å²) in [5, 5.41) is 8.38. The van der Waals surface area contributed by atoms with Crippen molar-refractivity contribution in [3.8, 4) is 0 Å². The minimum atomic E-state index is -0.744. The molecule has 0 atom stereocenters. The maximum absolute atomic E-state index is 12.2. The summed E-state index contributed by atoms with van der Waals surface area (Å²) in [5.41, 5.74) is 0.0386. The standard InChI is InChI=1S/C27H43N3O11/c1-8-27(15-28-18-36-9-10-37-22(31)19(2)3,16-29-25(34)40-13-11-38-23(32)20(4)5)17-30-26(35)41-14-12-39-24(33)21(6)7/h28H,2,4,6,8-18H2,1,3,5,7H3,(H,29,34)(H,30,35). The molecule has 232 valence electrons. The fraction of sp³-hybridized carbons (Fsp3) is 0.593. The van der Waals surface area contributed by atoms with Gasteiger partial charge in [0.1, 0.15) is 33.0 Å². The molecule has 0 radical (unpaired) electrons. The molecule has 0 aliphatic heterocycles. The number of hydrogen-bond acceptors (Lipinski definition) is 12. The Morgan fingerprint density at radius 2 is 0.951 bits per heavy atom. The number of ether oxygens (including phenoxy) is 6. The number of alkyl carbamates (subject to hydrolysis) is 2. The number of hydrogen-bond donors (Lipinski definition) is 3. The minimum Gasteiger partial charge on any atom is -0.460 e. The van der Waals surface area contributed by atoms with Crippen LogP contribution in [0.5, 0.6) is 0 Å². The Labute approximate surface area is 240 Å². The van der Waals surface area contributed by atoms with Crippen LogP contribution in [0.15, 0.2) is 36.5 Å². The molecule has 0 saturated heterocycles. The van der Waals surface area contributed by atoms with Gasteiger partial charge < -0.3 is 39.1 Å². The minimum absolute atomic E-state index is 0.0520. The van der Waals surface area contributed by atoms with Crippen molar-refractivity contribution in [2.75, 3.05) is 66.0 Å². The predicted molar refractivity (Wildman–Crippen MR) is 148 cm³/mol. The van der Waals surface area contributed by atoms with E-state index >= 15 is 0 Å². The molecule has 0 aliphatic carbocycles. The van der Waals surface area contributed by atoms with E-state index in [0.29, 0.717) is 13.0 Å². The summed E-state index contributed by atoms with van der Waals surface area (Å²) in [6.45, 7) is 17.0. The van der Waals surface area contributed by atoms with Gasteiger partial charge in [0.2, 0.25) is 0 Å². The number of carbonyl (C=O) groups is 5. The maximum atomic E-state index is 12.2. The second kappa shape index (κ2) is 20.9. The molecule has 0 aromatic heterocycles. The van der Waals surface area contributed by atoms with Gasteiger partial charge in [-0.1, -0.05) is 26.7 Å². The monoisotopic (exact) mass is 585 g/mol. The van der Waals surface area contributed by atoms with E-state index in [2.05, 4.69) is 35.7 Å². The summed E-state index contributed by atoms with van der Waals surface area (Å²) in [6, 6.07) is 0. The van der Waals surface area contributed by atoms with Crippen LogP contribution in [0.3, 0.4) is 0 Å². The topological polar surface area (TPSA) is 177 Å². The third-order valence-electron chi connectivity index (χ3n) is 5.28. The van der Waals surface area contributed by atoms with Gasteiger partial charge >= 0.3 is 30.1 Å². The highest BCUT2D eigenvalue weighted by molar-refractivity contribution is 5.87. The molecule has 41 heavy (non-hydrogen) atoms. The van der Waals surface area contributed by atoms with Crippen molar-refractivity contribution in [2.45, 2.75) is 34.1 Å². The molecule has 0 aromatic rings. The predicted octanol–water partition coefficient (Wildman–Crippen LogP) is 1.76. The second-order valence-electron chi connectivity index (χ2n) is 9.06. The smallest absolute Gasteiger partial charge is 0.407 e. The number of rotatable bonds is 21. The highest BCUT2D eigenvalue weighted by atomic mass is 16.6. The summed E-state index contributed by atoms with van der Waals surface area (Å²) in [7, 11) is 0.